The van der Waals surface area contributed by atoms with Gasteiger partial charge in [-0.15, -0.1) is 0 Å². The summed E-state index contributed by atoms with van der Waals surface area (Å²) in [6.07, 6.45) is -4.26. The molecule has 0 radical (unpaired) electrons. The minimum atomic E-state index is -4.12. The van der Waals surface area contributed by atoms with Gasteiger partial charge in [0, 0.05) is 19.0 Å². The lowest BCUT2D eigenvalue weighted by Crippen LogP contribution is -2.38. The molecule has 106 valence electrons. The molecule has 2 nitrogen and oxygen atoms in total. The van der Waals surface area contributed by atoms with Crippen molar-refractivity contribution in [3.63, 3.8) is 0 Å². The van der Waals surface area contributed by atoms with Crippen molar-refractivity contribution >= 4 is 0 Å². The first-order chi connectivity index (χ1) is 8.83. The Bertz CT molecular complexity index is 445. The van der Waals surface area contributed by atoms with Gasteiger partial charge in [-0.25, -0.2) is 0 Å². The molecule has 1 aromatic carbocycles. The van der Waals surface area contributed by atoms with Gasteiger partial charge in [0.15, 0.2) is 0 Å². The van der Waals surface area contributed by atoms with Gasteiger partial charge in [-0.1, -0.05) is 17.7 Å². The third kappa shape index (κ3) is 4.13. The molecule has 2 atom stereocenters. The molecule has 1 aromatic rings. The molecular weight excluding hydrogens is 255 g/mol. The minimum Gasteiger partial charge on any atom is -0.488 e. The van der Waals surface area contributed by atoms with Crippen LogP contribution < -0.4 is 10.1 Å². The van der Waals surface area contributed by atoms with Crippen LogP contribution in [0.1, 0.15) is 24.5 Å². The van der Waals surface area contributed by atoms with Crippen LogP contribution in [0.25, 0.3) is 0 Å². The van der Waals surface area contributed by atoms with Crippen LogP contribution >= 0.6 is 0 Å². The number of halogens is 3. The van der Waals surface area contributed by atoms with E-state index in [1.165, 1.54) is 5.56 Å². The smallest absolute Gasteiger partial charge is 0.390 e. The fourth-order valence-corrected chi connectivity index (χ4v) is 2.32. The van der Waals surface area contributed by atoms with Gasteiger partial charge in [-0.05, 0) is 25.5 Å². The highest BCUT2D eigenvalue weighted by molar-refractivity contribution is 5.40. The van der Waals surface area contributed by atoms with Gasteiger partial charge >= 0.3 is 6.18 Å². The molecule has 19 heavy (non-hydrogen) atoms. The largest absolute Gasteiger partial charge is 0.488 e. The van der Waals surface area contributed by atoms with Crippen molar-refractivity contribution in [2.24, 2.45) is 0 Å². The number of benzene rings is 1. The number of alkyl halides is 3. The van der Waals surface area contributed by atoms with E-state index >= 15 is 0 Å². The van der Waals surface area contributed by atoms with Crippen LogP contribution in [0.4, 0.5) is 13.2 Å². The Morgan fingerprint density at radius 2 is 2.16 bits per heavy atom. The number of nitrogens with one attached hydrogen (secondary N) is 1. The minimum absolute atomic E-state index is 0.0764. The zero-order valence-electron chi connectivity index (χ0n) is 11.1. The predicted octanol–water partition coefficient (Wildman–Crippen LogP) is 3.23. The SMILES string of the molecule is Cc1ccc2c(c1)CC(CNC(C)CC(F)(F)F)O2. The van der Waals surface area contributed by atoms with Gasteiger partial charge < -0.3 is 10.1 Å². The van der Waals surface area contributed by atoms with Crippen molar-refractivity contribution in [1.82, 2.24) is 5.32 Å². The van der Waals surface area contributed by atoms with E-state index < -0.39 is 18.6 Å². The standard InChI is InChI=1S/C14H18F3NO/c1-9-3-4-13-11(5-9)6-12(19-13)8-18-10(2)7-14(15,16)17/h3-5,10,12,18H,6-8H2,1-2H3. The number of hydrogen-bond donors (Lipinski definition) is 1. The Morgan fingerprint density at radius 3 is 2.84 bits per heavy atom. The van der Waals surface area contributed by atoms with Crippen LogP contribution in [0.3, 0.4) is 0 Å². The second-order valence-electron chi connectivity index (χ2n) is 5.18. The highest BCUT2D eigenvalue weighted by atomic mass is 19.4. The van der Waals surface area contributed by atoms with E-state index in [1.807, 2.05) is 19.1 Å². The molecule has 1 aliphatic rings. The van der Waals surface area contributed by atoms with E-state index in [2.05, 4.69) is 11.4 Å². The van der Waals surface area contributed by atoms with E-state index in [1.54, 1.807) is 6.92 Å². The van der Waals surface area contributed by atoms with Crippen molar-refractivity contribution in [2.45, 2.75) is 45.0 Å². The summed E-state index contributed by atoms with van der Waals surface area (Å²) in [5, 5.41) is 2.89. The van der Waals surface area contributed by atoms with Gasteiger partial charge in [0.2, 0.25) is 0 Å². The zero-order chi connectivity index (χ0) is 14.0. The third-order valence-corrected chi connectivity index (χ3v) is 3.19. The van der Waals surface area contributed by atoms with Crippen LogP contribution in [-0.2, 0) is 6.42 Å². The lowest BCUT2D eigenvalue weighted by molar-refractivity contribution is -0.139. The van der Waals surface area contributed by atoms with Crippen LogP contribution in [0, 0.1) is 6.92 Å². The van der Waals surface area contributed by atoms with Crippen molar-refractivity contribution in [3.05, 3.63) is 29.3 Å². The van der Waals surface area contributed by atoms with Crippen molar-refractivity contribution in [3.8, 4) is 5.75 Å². The van der Waals surface area contributed by atoms with Gasteiger partial charge in [0.25, 0.3) is 0 Å². The van der Waals surface area contributed by atoms with E-state index in [-0.39, 0.29) is 6.10 Å². The first-order valence-electron chi connectivity index (χ1n) is 6.40. The third-order valence-electron chi connectivity index (χ3n) is 3.19. The summed E-state index contributed by atoms with van der Waals surface area (Å²) in [5.41, 5.74) is 2.30. The Balaban J connectivity index is 1.81. The zero-order valence-corrected chi connectivity index (χ0v) is 11.1. The van der Waals surface area contributed by atoms with Crippen molar-refractivity contribution in [2.75, 3.05) is 6.54 Å². The van der Waals surface area contributed by atoms with Crippen LogP contribution in [0.2, 0.25) is 0 Å². The molecule has 1 aliphatic heterocycles. The summed E-state index contributed by atoms with van der Waals surface area (Å²) in [6, 6.07) is 5.37. The molecule has 2 unspecified atom stereocenters. The molecular formula is C14H18F3NO. The van der Waals surface area contributed by atoms with E-state index in [0.717, 1.165) is 17.7 Å². The highest BCUT2D eigenvalue weighted by Crippen LogP contribution is 2.29. The second kappa shape index (κ2) is 5.41. The highest BCUT2D eigenvalue weighted by Gasteiger charge is 2.30. The summed E-state index contributed by atoms with van der Waals surface area (Å²) in [4.78, 5) is 0. The van der Waals surface area contributed by atoms with Gasteiger partial charge in [0.05, 0.1) is 6.42 Å². The first kappa shape index (κ1) is 14.2. The van der Waals surface area contributed by atoms with E-state index in [0.29, 0.717) is 6.54 Å². The molecule has 2 rings (SSSR count). The number of rotatable bonds is 4. The Kier molecular flexibility index (Phi) is 4.04. The number of ether oxygens (including phenoxy) is 1. The summed E-state index contributed by atoms with van der Waals surface area (Å²) in [5.74, 6) is 0.848. The van der Waals surface area contributed by atoms with E-state index in [4.69, 9.17) is 4.74 Å². The molecule has 5 heteroatoms. The lowest BCUT2D eigenvalue weighted by Gasteiger charge is -2.18. The summed E-state index contributed by atoms with van der Waals surface area (Å²) >= 11 is 0. The normalized spacial score (nSPS) is 19.9. The quantitative estimate of drug-likeness (QED) is 0.909. The van der Waals surface area contributed by atoms with Gasteiger partial charge in [-0.2, -0.15) is 13.2 Å². The molecule has 0 aromatic heterocycles. The Morgan fingerprint density at radius 1 is 1.42 bits per heavy atom. The van der Waals surface area contributed by atoms with E-state index in [9.17, 15) is 13.2 Å². The second-order valence-corrected chi connectivity index (χ2v) is 5.18. The Hall–Kier alpha value is -1.23. The average Bonchev–Trinajstić information content (AvgIpc) is 2.66. The summed E-state index contributed by atoms with van der Waals surface area (Å²) < 4.78 is 42.3. The molecule has 0 fully saturated rings. The lowest BCUT2D eigenvalue weighted by atomic mass is 10.1. The number of fused-ring (bicyclic) bond motifs is 1. The maximum Gasteiger partial charge on any atom is 0.390 e. The predicted molar refractivity (Wildman–Crippen MR) is 67.4 cm³/mol. The molecule has 1 N–H and O–H groups in total. The fraction of sp³-hybridized carbons (Fsp3) is 0.571. The van der Waals surface area contributed by atoms with Gasteiger partial charge in [-0.3, -0.25) is 0 Å². The average molecular weight is 273 g/mol. The molecule has 0 saturated heterocycles. The summed E-state index contributed by atoms with van der Waals surface area (Å²) in [7, 11) is 0. The van der Waals surface area contributed by atoms with Gasteiger partial charge in [0.1, 0.15) is 11.9 Å². The molecule has 0 aliphatic carbocycles. The monoisotopic (exact) mass is 273 g/mol. The topological polar surface area (TPSA) is 21.3 Å². The molecule has 0 bridgehead atoms. The van der Waals surface area contributed by atoms with Crippen LogP contribution in [0.5, 0.6) is 5.75 Å². The van der Waals surface area contributed by atoms with Crippen molar-refractivity contribution in [1.29, 1.82) is 0 Å². The van der Waals surface area contributed by atoms with Crippen LogP contribution in [0.15, 0.2) is 18.2 Å². The molecule has 0 spiro atoms. The fourth-order valence-electron chi connectivity index (χ4n) is 2.32. The Labute approximate surface area is 111 Å². The molecule has 0 saturated carbocycles. The molecule has 1 heterocycles. The molecule has 0 amide bonds. The number of aryl methyl sites for hydroxylation is 1. The van der Waals surface area contributed by atoms with Crippen LogP contribution in [-0.4, -0.2) is 24.9 Å². The van der Waals surface area contributed by atoms with Crippen molar-refractivity contribution < 1.29 is 17.9 Å². The maximum absolute atomic E-state index is 12.2. The summed E-state index contributed by atoms with van der Waals surface area (Å²) in [6.45, 7) is 3.99. The maximum atomic E-state index is 12.2. The first-order valence-corrected chi connectivity index (χ1v) is 6.40. The number of hydrogen-bond acceptors (Lipinski definition) is 2.